The van der Waals surface area contributed by atoms with Crippen molar-refractivity contribution in [2.75, 3.05) is 5.32 Å². The Bertz CT molecular complexity index is 1570. The van der Waals surface area contributed by atoms with E-state index in [0.29, 0.717) is 10.5 Å². The number of nitrogens with one attached hydrogen (secondary N) is 1. The molecule has 1 N–H and O–H groups in total. The molecule has 0 radical (unpaired) electrons. The van der Waals surface area contributed by atoms with Gasteiger partial charge >= 0.3 is 0 Å². The van der Waals surface area contributed by atoms with Crippen molar-refractivity contribution in [2.24, 2.45) is 5.41 Å². The van der Waals surface area contributed by atoms with E-state index in [1.165, 1.54) is 39.7 Å². The van der Waals surface area contributed by atoms with E-state index in [1.54, 1.807) is 12.1 Å². The van der Waals surface area contributed by atoms with E-state index in [0.717, 1.165) is 23.1 Å². The van der Waals surface area contributed by atoms with Crippen LogP contribution in [0.5, 0.6) is 0 Å². The fourth-order valence-corrected chi connectivity index (χ4v) is 6.14. The average molecular weight is 493 g/mol. The van der Waals surface area contributed by atoms with Crippen LogP contribution in [0.2, 0.25) is 0 Å². The van der Waals surface area contributed by atoms with Gasteiger partial charge in [0, 0.05) is 22.2 Å². The topological polar surface area (TPSA) is 42.0 Å². The second kappa shape index (κ2) is 8.68. The molecule has 0 fully saturated rings. The van der Waals surface area contributed by atoms with Gasteiger partial charge in [-0.2, -0.15) is 0 Å². The Hall–Kier alpha value is -3.83. The first-order valence-electron chi connectivity index (χ1n) is 12.0. The maximum atomic E-state index is 14.3. The van der Waals surface area contributed by atoms with Crippen LogP contribution in [0.1, 0.15) is 42.0 Å². The highest BCUT2D eigenvalue weighted by Crippen LogP contribution is 2.47. The number of hydrogen-bond acceptors (Lipinski definition) is 3. The van der Waals surface area contributed by atoms with Crippen molar-refractivity contribution < 1.29 is 9.18 Å². The Morgan fingerprint density at radius 1 is 0.889 bits per heavy atom. The molecule has 1 amide bonds. The van der Waals surface area contributed by atoms with Crippen molar-refractivity contribution in [3.8, 4) is 11.3 Å². The first-order valence-corrected chi connectivity index (χ1v) is 12.9. The summed E-state index contributed by atoms with van der Waals surface area (Å²) in [4.78, 5) is 18.5. The number of nitrogens with zero attached hydrogens (tertiary/aromatic N) is 1. The Labute approximate surface area is 213 Å². The molecule has 1 aliphatic rings. The van der Waals surface area contributed by atoms with Crippen molar-refractivity contribution in [3.05, 3.63) is 118 Å². The van der Waals surface area contributed by atoms with Crippen LogP contribution in [-0.4, -0.2) is 10.9 Å². The molecule has 0 unspecified atom stereocenters. The largest absolute Gasteiger partial charge is 0.301 e. The van der Waals surface area contributed by atoms with Crippen LogP contribution in [0.4, 0.5) is 9.52 Å². The van der Waals surface area contributed by atoms with Crippen LogP contribution in [0.25, 0.3) is 22.0 Å². The zero-order valence-electron chi connectivity index (χ0n) is 20.1. The van der Waals surface area contributed by atoms with Gasteiger partial charge in [0.1, 0.15) is 5.82 Å². The Balaban J connectivity index is 1.33. The highest BCUT2D eigenvalue weighted by Gasteiger charge is 2.42. The van der Waals surface area contributed by atoms with Crippen LogP contribution in [0.3, 0.4) is 0 Å². The highest BCUT2D eigenvalue weighted by molar-refractivity contribution is 7.14. The summed E-state index contributed by atoms with van der Waals surface area (Å²) in [6.45, 7) is 4.02. The monoisotopic (exact) mass is 492 g/mol. The van der Waals surface area contributed by atoms with E-state index in [4.69, 9.17) is 4.98 Å². The third kappa shape index (κ3) is 3.71. The Morgan fingerprint density at radius 3 is 2.19 bits per heavy atom. The number of aromatic nitrogens is 1. The molecule has 6 rings (SSSR count). The molecular weight excluding hydrogens is 467 g/mol. The first kappa shape index (κ1) is 22.6. The lowest BCUT2D eigenvalue weighted by atomic mass is 9.65. The number of hydrogen-bond donors (Lipinski definition) is 1. The van der Waals surface area contributed by atoms with E-state index >= 15 is 0 Å². The summed E-state index contributed by atoms with van der Waals surface area (Å²) in [6.07, 6.45) is 0.877. The number of fused-ring (bicyclic) bond motifs is 3. The van der Waals surface area contributed by atoms with E-state index < -0.39 is 5.41 Å². The predicted octanol–water partition coefficient (Wildman–Crippen LogP) is 7.80. The summed E-state index contributed by atoms with van der Waals surface area (Å²) in [7, 11) is 0. The second-order valence-corrected chi connectivity index (χ2v) is 10.7. The van der Waals surface area contributed by atoms with Gasteiger partial charge in [-0.05, 0) is 46.2 Å². The molecule has 0 spiro atoms. The quantitative estimate of drug-likeness (QED) is 0.278. The highest BCUT2D eigenvalue weighted by atomic mass is 32.1. The van der Waals surface area contributed by atoms with Crippen LogP contribution in [0, 0.1) is 11.2 Å². The lowest BCUT2D eigenvalue weighted by molar-refractivity contribution is -0.124. The molecule has 3 nitrogen and oxygen atoms in total. The lowest BCUT2D eigenvalue weighted by Crippen LogP contribution is -2.38. The zero-order chi connectivity index (χ0) is 24.9. The molecule has 1 heterocycles. The van der Waals surface area contributed by atoms with Crippen LogP contribution in [0.15, 0.2) is 90.3 Å². The molecule has 0 saturated heterocycles. The molecule has 0 bridgehead atoms. The third-order valence-electron chi connectivity index (χ3n) is 7.29. The molecular formula is C31H25FN2OS. The van der Waals surface area contributed by atoms with Gasteiger partial charge in [-0.15, -0.1) is 11.3 Å². The molecule has 178 valence electrons. The van der Waals surface area contributed by atoms with Gasteiger partial charge in [0.25, 0.3) is 0 Å². The number of benzene rings is 4. The minimum Gasteiger partial charge on any atom is -0.301 e. The number of carbonyl (C=O) groups excluding carboxylic acids is 1. The van der Waals surface area contributed by atoms with Crippen LogP contribution < -0.4 is 5.32 Å². The fraction of sp³-hybridized carbons (Fsp3) is 0.161. The van der Waals surface area contributed by atoms with Crippen molar-refractivity contribution in [3.63, 3.8) is 0 Å². The molecule has 4 aromatic carbocycles. The number of thiazole rings is 1. The maximum Gasteiger partial charge on any atom is 0.232 e. The zero-order valence-corrected chi connectivity index (χ0v) is 20.9. The maximum absolute atomic E-state index is 14.3. The molecule has 0 atom stereocenters. The molecule has 0 aliphatic heterocycles. The third-order valence-corrected chi connectivity index (χ3v) is 8.05. The van der Waals surface area contributed by atoms with Crippen LogP contribution >= 0.6 is 11.3 Å². The summed E-state index contributed by atoms with van der Waals surface area (Å²) in [5, 5.41) is 6.89. The summed E-state index contributed by atoms with van der Waals surface area (Å²) >= 11 is 1.38. The van der Waals surface area contributed by atoms with E-state index in [9.17, 15) is 9.18 Å². The molecule has 5 aromatic rings. The smallest absolute Gasteiger partial charge is 0.232 e. The summed E-state index contributed by atoms with van der Waals surface area (Å²) in [6, 6.07) is 27.4. The van der Waals surface area contributed by atoms with Crippen LogP contribution in [-0.2, 0) is 11.2 Å². The fourth-order valence-electron chi connectivity index (χ4n) is 5.43. The van der Waals surface area contributed by atoms with Gasteiger partial charge in [-0.25, -0.2) is 9.37 Å². The number of rotatable bonds is 4. The number of anilines is 1. The SMILES string of the molecule is CC(C)(C(=O)Nc1nc(-c2ccc(F)c3ccccc23)cs1)C1c2ccccc2Cc2ccccc21. The molecule has 36 heavy (non-hydrogen) atoms. The normalized spacial score (nSPS) is 13.3. The van der Waals surface area contributed by atoms with E-state index in [-0.39, 0.29) is 17.6 Å². The second-order valence-electron chi connectivity index (χ2n) is 9.86. The molecule has 5 heteroatoms. The van der Waals surface area contributed by atoms with Crippen molar-refractivity contribution in [1.82, 2.24) is 4.98 Å². The minimum atomic E-state index is -0.721. The predicted molar refractivity (Wildman–Crippen MR) is 145 cm³/mol. The number of amides is 1. The molecule has 1 aromatic heterocycles. The average Bonchev–Trinajstić information content (AvgIpc) is 3.35. The van der Waals surface area contributed by atoms with Gasteiger partial charge in [-0.1, -0.05) is 86.6 Å². The molecule has 0 saturated carbocycles. The van der Waals surface area contributed by atoms with Gasteiger partial charge in [0.05, 0.1) is 11.1 Å². The minimum absolute atomic E-state index is 0.0703. The van der Waals surface area contributed by atoms with Gasteiger partial charge in [0.15, 0.2) is 5.13 Å². The molecule has 1 aliphatic carbocycles. The van der Waals surface area contributed by atoms with E-state index in [2.05, 4.69) is 41.7 Å². The van der Waals surface area contributed by atoms with Gasteiger partial charge < -0.3 is 5.32 Å². The first-order chi connectivity index (χ1) is 17.4. The Kier molecular flexibility index (Phi) is 5.45. The Morgan fingerprint density at radius 2 is 1.50 bits per heavy atom. The summed E-state index contributed by atoms with van der Waals surface area (Å²) < 4.78 is 14.3. The number of halogens is 1. The standard InChI is InChI=1S/C31H25FN2OS/c1-31(2,28-21-11-5-3-9-19(21)17-20-10-4-6-12-22(20)28)29(35)34-30-33-27(18-36-30)25-15-16-26(32)24-14-8-7-13-23(24)25/h3-16,18,28H,17H2,1-2H3,(H,33,34,35). The van der Waals surface area contributed by atoms with E-state index in [1.807, 2.05) is 49.6 Å². The van der Waals surface area contributed by atoms with Gasteiger partial charge in [-0.3, -0.25) is 4.79 Å². The summed E-state index contributed by atoms with van der Waals surface area (Å²) in [5.41, 5.74) is 5.78. The van der Waals surface area contributed by atoms with Crippen molar-refractivity contribution in [2.45, 2.75) is 26.2 Å². The summed E-state index contributed by atoms with van der Waals surface area (Å²) in [5.74, 6) is -0.407. The lowest BCUT2D eigenvalue weighted by Gasteiger charge is -2.38. The number of carbonyl (C=O) groups is 1. The van der Waals surface area contributed by atoms with Crippen molar-refractivity contribution >= 4 is 33.1 Å². The van der Waals surface area contributed by atoms with Gasteiger partial charge in [0.2, 0.25) is 5.91 Å². The van der Waals surface area contributed by atoms with Crippen molar-refractivity contribution in [1.29, 1.82) is 0 Å².